The second-order valence-corrected chi connectivity index (χ2v) is 5.39. The summed E-state index contributed by atoms with van der Waals surface area (Å²) >= 11 is 0. The van der Waals surface area contributed by atoms with Gasteiger partial charge in [0.05, 0.1) is 6.10 Å². The normalized spacial score (nSPS) is 19.8. The Bertz CT molecular complexity index is 238. The summed E-state index contributed by atoms with van der Waals surface area (Å²) in [5.74, 6) is 0.589. The maximum atomic E-state index is 5.82. The van der Waals surface area contributed by atoms with Crippen molar-refractivity contribution >= 4 is 5.96 Å². The van der Waals surface area contributed by atoms with Crippen LogP contribution in [0.2, 0.25) is 0 Å². The molecule has 4 nitrogen and oxygen atoms in total. The first-order valence-electron chi connectivity index (χ1n) is 7.98. The number of hydrogen-bond donors (Lipinski definition) is 2. The van der Waals surface area contributed by atoms with Crippen LogP contribution in [0.4, 0.5) is 0 Å². The van der Waals surface area contributed by atoms with Gasteiger partial charge in [0.1, 0.15) is 0 Å². The number of hydrogen-bond acceptors (Lipinski definition) is 2. The summed E-state index contributed by atoms with van der Waals surface area (Å²) < 4.78 is 5.56. The van der Waals surface area contributed by atoms with E-state index in [1.165, 1.54) is 44.9 Å². The standard InChI is InChI=1S/C15H31N3O/c1-2-3-4-5-6-7-11-17-15(16)18-12-10-14-9-8-13-19-14/h14H,2-13H2,1H3,(H3,16,17,18). The summed E-state index contributed by atoms with van der Waals surface area (Å²) in [5.41, 5.74) is 5.82. The summed E-state index contributed by atoms with van der Waals surface area (Å²) in [6.07, 6.45) is 11.6. The Hall–Kier alpha value is -0.770. The SMILES string of the molecule is CCCCCCCCN=C(N)NCCC1CCCO1. The largest absolute Gasteiger partial charge is 0.378 e. The van der Waals surface area contributed by atoms with Crippen LogP contribution >= 0.6 is 0 Å². The smallest absolute Gasteiger partial charge is 0.188 e. The maximum Gasteiger partial charge on any atom is 0.188 e. The number of rotatable bonds is 10. The molecule has 0 bridgehead atoms. The van der Waals surface area contributed by atoms with Gasteiger partial charge in [-0.1, -0.05) is 39.0 Å². The van der Waals surface area contributed by atoms with Crippen LogP contribution in [0.1, 0.15) is 64.7 Å². The lowest BCUT2D eigenvalue weighted by Crippen LogP contribution is -2.33. The minimum Gasteiger partial charge on any atom is -0.378 e. The molecule has 4 heteroatoms. The summed E-state index contributed by atoms with van der Waals surface area (Å²) in [6, 6.07) is 0. The lowest BCUT2D eigenvalue weighted by atomic mass is 10.1. The molecule has 0 amide bonds. The molecule has 1 unspecified atom stereocenters. The molecule has 1 heterocycles. The van der Waals surface area contributed by atoms with Crippen LogP contribution in [0.25, 0.3) is 0 Å². The molecule has 0 aromatic carbocycles. The van der Waals surface area contributed by atoms with Crippen LogP contribution in [0.5, 0.6) is 0 Å². The van der Waals surface area contributed by atoms with Crippen molar-refractivity contribution in [3.05, 3.63) is 0 Å². The predicted octanol–water partition coefficient (Wildman–Crippen LogP) is 2.82. The molecule has 1 fully saturated rings. The lowest BCUT2D eigenvalue weighted by Gasteiger charge is -2.10. The summed E-state index contributed by atoms with van der Waals surface area (Å²) in [7, 11) is 0. The molecule has 3 N–H and O–H groups in total. The molecular formula is C15H31N3O. The molecule has 1 aliphatic rings. The molecule has 0 aromatic rings. The molecule has 0 saturated carbocycles. The van der Waals surface area contributed by atoms with Crippen molar-refractivity contribution in [3.8, 4) is 0 Å². The van der Waals surface area contributed by atoms with Gasteiger partial charge in [-0.25, -0.2) is 0 Å². The van der Waals surface area contributed by atoms with Crippen molar-refractivity contribution in [1.29, 1.82) is 0 Å². The number of aliphatic imine (C=N–C) groups is 1. The number of ether oxygens (including phenoxy) is 1. The molecule has 0 spiro atoms. The Morgan fingerprint density at radius 3 is 2.79 bits per heavy atom. The summed E-state index contributed by atoms with van der Waals surface area (Å²) in [4.78, 5) is 4.35. The highest BCUT2D eigenvalue weighted by Crippen LogP contribution is 2.14. The van der Waals surface area contributed by atoms with Crippen LogP contribution in [-0.2, 0) is 4.74 Å². The van der Waals surface area contributed by atoms with E-state index in [2.05, 4.69) is 17.2 Å². The van der Waals surface area contributed by atoms with Crippen molar-refractivity contribution < 1.29 is 4.74 Å². The fraction of sp³-hybridized carbons (Fsp3) is 0.933. The third-order valence-electron chi connectivity index (χ3n) is 3.59. The number of nitrogens with one attached hydrogen (secondary N) is 1. The molecule has 1 atom stereocenters. The quantitative estimate of drug-likeness (QED) is 0.364. The first-order chi connectivity index (χ1) is 9.33. The van der Waals surface area contributed by atoms with E-state index in [4.69, 9.17) is 10.5 Å². The zero-order chi connectivity index (χ0) is 13.8. The highest BCUT2D eigenvalue weighted by atomic mass is 16.5. The average Bonchev–Trinajstić information content (AvgIpc) is 2.91. The molecule has 0 aromatic heterocycles. The Kier molecular flexibility index (Phi) is 9.51. The third-order valence-corrected chi connectivity index (χ3v) is 3.59. The van der Waals surface area contributed by atoms with E-state index in [1.807, 2.05) is 0 Å². The van der Waals surface area contributed by atoms with E-state index in [-0.39, 0.29) is 0 Å². The second kappa shape index (κ2) is 11.1. The number of guanidine groups is 1. The summed E-state index contributed by atoms with van der Waals surface area (Å²) in [5, 5.41) is 3.17. The van der Waals surface area contributed by atoms with Gasteiger partial charge in [0, 0.05) is 19.7 Å². The number of unbranched alkanes of at least 4 members (excludes halogenated alkanes) is 5. The average molecular weight is 269 g/mol. The predicted molar refractivity (Wildman–Crippen MR) is 81.5 cm³/mol. The van der Waals surface area contributed by atoms with Crippen molar-refractivity contribution in [2.24, 2.45) is 10.7 Å². The maximum absolute atomic E-state index is 5.82. The van der Waals surface area contributed by atoms with E-state index in [1.54, 1.807) is 0 Å². The summed E-state index contributed by atoms with van der Waals surface area (Å²) in [6.45, 7) is 4.89. The lowest BCUT2D eigenvalue weighted by molar-refractivity contribution is 0.105. The highest BCUT2D eigenvalue weighted by Gasteiger charge is 2.14. The van der Waals surface area contributed by atoms with Crippen molar-refractivity contribution in [1.82, 2.24) is 5.32 Å². The van der Waals surface area contributed by atoms with E-state index in [0.717, 1.165) is 32.5 Å². The van der Waals surface area contributed by atoms with Gasteiger partial charge in [-0.15, -0.1) is 0 Å². The van der Waals surface area contributed by atoms with Gasteiger partial charge in [-0.05, 0) is 25.7 Å². The van der Waals surface area contributed by atoms with Gasteiger partial charge in [0.25, 0.3) is 0 Å². The first-order valence-corrected chi connectivity index (χ1v) is 7.98. The van der Waals surface area contributed by atoms with E-state index >= 15 is 0 Å². The first kappa shape index (κ1) is 16.3. The van der Waals surface area contributed by atoms with Gasteiger partial charge in [-0.3, -0.25) is 4.99 Å². The van der Waals surface area contributed by atoms with Gasteiger partial charge in [0.2, 0.25) is 0 Å². The van der Waals surface area contributed by atoms with Gasteiger partial charge in [0.15, 0.2) is 5.96 Å². The van der Waals surface area contributed by atoms with E-state index in [0.29, 0.717) is 12.1 Å². The topological polar surface area (TPSA) is 59.6 Å². The molecule has 0 aliphatic carbocycles. The van der Waals surface area contributed by atoms with Crippen LogP contribution in [0.3, 0.4) is 0 Å². The Morgan fingerprint density at radius 1 is 1.26 bits per heavy atom. The fourth-order valence-electron chi connectivity index (χ4n) is 2.38. The molecule has 19 heavy (non-hydrogen) atoms. The Labute approximate surface area is 118 Å². The van der Waals surface area contributed by atoms with E-state index < -0.39 is 0 Å². The minimum atomic E-state index is 0.430. The molecular weight excluding hydrogens is 238 g/mol. The van der Waals surface area contributed by atoms with Crippen LogP contribution < -0.4 is 11.1 Å². The fourth-order valence-corrected chi connectivity index (χ4v) is 2.38. The van der Waals surface area contributed by atoms with Gasteiger partial charge >= 0.3 is 0 Å². The highest BCUT2D eigenvalue weighted by molar-refractivity contribution is 5.77. The molecule has 0 radical (unpaired) electrons. The second-order valence-electron chi connectivity index (χ2n) is 5.39. The monoisotopic (exact) mass is 269 g/mol. The zero-order valence-corrected chi connectivity index (χ0v) is 12.5. The molecule has 1 saturated heterocycles. The van der Waals surface area contributed by atoms with Crippen molar-refractivity contribution in [2.75, 3.05) is 19.7 Å². The van der Waals surface area contributed by atoms with Crippen LogP contribution in [0, 0.1) is 0 Å². The van der Waals surface area contributed by atoms with E-state index in [9.17, 15) is 0 Å². The van der Waals surface area contributed by atoms with Crippen LogP contribution in [0.15, 0.2) is 4.99 Å². The Morgan fingerprint density at radius 2 is 2.05 bits per heavy atom. The zero-order valence-electron chi connectivity index (χ0n) is 12.5. The molecule has 1 aliphatic heterocycles. The number of nitrogens with zero attached hydrogens (tertiary/aromatic N) is 1. The molecule has 112 valence electrons. The van der Waals surface area contributed by atoms with Crippen LogP contribution in [-0.4, -0.2) is 31.8 Å². The Balaban J connectivity index is 1.90. The number of nitrogens with two attached hydrogens (primary N) is 1. The third kappa shape index (κ3) is 8.87. The minimum absolute atomic E-state index is 0.430. The van der Waals surface area contributed by atoms with Crippen molar-refractivity contribution in [3.63, 3.8) is 0 Å². The molecule has 1 rings (SSSR count). The van der Waals surface area contributed by atoms with Crippen molar-refractivity contribution in [2.45, 2.75) is 70.8 Å². The van der Waals surface area contributed by atoms with Gasteiger partial charge < -0.3 is 15.8 Å². The van der Waals surface area contributed by atoms with Gasteiger partial charge in [-0.2, -0.15) is 0 Å².